The van der Waals surface area contributed by atoms with Crippen molar-refractivity contribution in [3.63, 3.8) is 0 Å². The Kier molecular flexibility index (Phi) is 2.80. The van der Waals surface area contributed by atoms with Gasteiger partial charge in [0.25, 0.3) is 0 Å². The number of benzene rings is 1. The molecule has 1 atom stereocenters. The summed E-state index contributed by atoms with van der Waals surface area (Å²) < 4.78 is 1.02. The number of hydrogen-bond donors (Lipinski definition) is 2. The Morgan fingerprint density at radius 3 is 2.93 bits per heavy atom. The molecule has 1 heterocycles. The molecule has 0 fully saturated rings. The number of nitrogens with two attached hydrogens (primary N) is 1. The summed E-state index contributed by atoms with van der Waals surface area (Å²) in [5.74, 6) is -0.00606. The zero-order chi connectivity index (χ0) is 11.0. The van der Waals surface area contributed by atoms with Crippen LogP contribution in [0.5, 0.6) is 0 Å². The lowest BCUT2D eigenvalue weighted by molar-refractivity contribution is -0.117. The zero-order valence-corrected chi connectivity index (χ0v) is 10.1. The fourth-order valence-electron chi connectivity index (χ4n) is 1.97. The third kappa shape index (κ3) is 1.68. The first-order valence-electron chi connectivity index (χ1n) is 4.95. The minimum absolute atomic E-state index is 0.0663. The molecule has 0 aliphatic carbocycles. The Hall–Kier alpha value is -0.870. The van der Waals surface area contributed by atoms with E-state index in [-0.39, 0.29) is 11.8 Å². The highest BCUT2D eigenvalue weighted by atomic mass is 79.9. The Bertz CT molecular complexity index is 417. The SMILES string of the molecule is Cc1c(Br)ccc2c1NC(=O)C2CCN. The van der Waals surface area contributed by atoms with Crippen molar-refractivity contribution in [2.24, 2.45) is 5.73 Å². The number of anilines is 1. The molecule has 0 radical (unpaired) electrons. The molecule has 2 rings (SSSR count). The maximum atomic E-state index is 11.7. The smallest absolute Gasteiger partial charge is 0.232 e. The van der Waals surface area contributed by atoms with E-state index in [1.807, 2.05) is 19.1 Å². The van der Waals surface area contributed by atoms with Crippen molar-refractivity contribution in [1.82, 2.24) is 0 Å². The summed E-state index contributed by atoms with van der Waals surface area (Å²) in [5.41, 5.74) is 8.62. The molecule has 0 spiro atoms. The zero-order valence-electron chi connectivity index (χ0n) is 8.51. The van der Waals surface area contributed by atoms with Crippen LogP contribution in [0.3, 0.4) is 0 Å². The number of carbonyl (C=O) groups is 1. The van der Waals surface area contributed by atoms with Gasteiger partial charge >= 0.3 is 0 Å². The van der Waals surface area contributed by atoms with Gasteiger partial charge in [-0.2, -0.15) is 0 Å². The van der Waals surface area contributed by atoms with Crippen molar-refractivity contribution in [1.29, 1.82) is 0 Å². The van der Waals surface area contributed by atoms with Crippen molar-refractivity contribution in [2.75, 3.05) is 11.9 Å². The molecule has 0 saturated heterocycles. The van der Waals surface area contributed by atoms with Crippen LogP contribution in [0, 0.1) is 6.92 Å². The number of halogens is 1. The molecule has 1 aliphatic rings. The number of nitrogens with one attached hydrogen (secondary N) is 1. The summed E-state index contributed by atoms with van der Waals surface area (Å²) in [6.45, 7) is 2.53. The van der Waals surface area contributed by atoms with E-state index in [2.05, 4.69) is 21.2 Å². The van der Waals surface area contributed by atoms with E-state index < -0.39 is 0 Å². The van der Waals surface area contributed by atoms with E-state index in [0.717, 1.165) is 21.3 Å². The number of fused-ring (bicyclic) bond motifs is 1. The van der Waals surface area contributed by atoms with Gasteiger partial charge in [0.05, 0.1) is 5.92 Å². The van der Waals surface area contributed by atoms with E-state index >= 15 is 0 Å². The van der Waals surface area contributed by atoms with Crippen molar-refractivity contribution >= 4 is 27.5 Å². The van der Waals surface area contributed by atoms with Crippen LogP contribution in [0.2, 0.25) is 0 Å². The normalized spacial score (nSPS) is 18.9. The largest absolute Gasteiger partial charge is 0.330 e. The molecule has 1 amide bonds. The first-order valence-corrected chi connectivity index (χ1v) is 5.74. The molecule has 3 nitrogen and oxygen atoms in total. The van der Waals surface area contributed by atoms with Gasteiger partial charge < -0.3 is 11.1 Å². The topological polar surface area (TPSA) is 55.1 Å². The molecule has 0 bridgehead atoms. The highest BCUT2D eigenvalue weighted by Gasteiger charge is 2.31. The van der Waals surface area contributed by atoms with E-state index in [1.165, 1.54) is 0 Å². The second-order valence-corrected chi connectivity index (χ2v) is 4.61. The average molecular weight is 269 g/mol. The molecular weight excluding hydrogens is 256 g/mol. The van der Waals surface area contributed by atoms with E-state index in [1.54, 1.807) is 0 Å². The van der Waals surface area contributed by atoms with E-state index in [4.69, 9.17) is 5.73 Å². The van der Waals surface area contributed by atoms with Gasteiger partial charge in [0.1, 0.15) is 0 Å². The second-order valence-electron chi connectivity index (χ2n) is 3.76. The summed E-state index contributed by atoms with van der Waals surface area (Å²) in [4.78, 5) is 11.7. The molecule has 0 aromatic heterocycles. The Labute approximate surface area is 97.2 Å². The molecule has 1 aliphatic heterocycles. The standard InChI is InChI=1S/C11H13BrN2O/c1-6-9(12)3-2-7-8(4-5-13)11(15)14-10(6)7/h2-3,8H,4-5,13H2,1H3,(H,14,15). The van der Waals surface area contributed by atoms with Crippen molar-refractivity contribution in [3.8, 4) is 0 Å². The van der Waals surface area contributed by atoms with Crippen LogP contribution in [-0.2, 0) is 4.79 Å². The van der Waals surface area contributed by atoms with Crippen LogP contribution < -0.4 is 11.1 Å². The Morgan fingerprint density at radius 1 is 1.53 bits per heavy atom. The maximum absolute atomic E-state index is 11.7. The van der Waals surface area contributed by atoms with Crippen molar-refractivity contribution in [2.45, 2.75) is 19.3 Å². The monoisotopic (exact) mass is 268 g/mol. The van der Waals surface area contributed by atoms with Crippen LogP contribution in [0.25, 0.3) is 0 Å². The van der Waals surface area contributed by atoms with E-state index in [9.17, 15) is 4.79 Å². The predicted molar refractivity (Wildman–Crippen MR) is 63.9 cm³/mol. The third-order valence-electron chi connectivity index (χ3n) is 2.83. The minimum atomic E-state index is -0.0724. The molecule has 0 saturated carbocycles. The van der Waals surface area contributed by atoms with Crippen LogP contribution in [0.1, 0.15) is 23.5 Å². The first-order chi connectivity index (χ1) is 7.15. The quantitative estimate of drug-likeness (QED) is 0.864. The van der Waals surface area contributed by atoms with Gasteiger partial charge in [0, 0.05) is 10.2 Å². The number of amides is 1. The fraction of sp³-hybridized carbons (Fsp3) is 0.364. The maximum Gasteiger partial charge on any atom is 0.232 e. The summed E-state index contributed by atoms with van der Waals surface area (Å²) in [7, 11) is 0. The van der Waals surface area contributed by atoms with Gasteiger partial charge in [-0.15, -0.1) is 0 Å². The highest BCUT2D eigenvalue weighted by Crippen LogP contribution is 2.39. The fourth-order valence-corrected chi connectivity index (χ4v) is 2.30. The lowest BCUT2D eigenvalue weighted by atomic mass is 9.96. The molecule has 80 valence electrons. The summed E-state index contributed by atoms with van der Waals surface area (Å²) in [6, 6.07) is 3.97. The van der Waals surface area contributed by atoms with Gasteiger partial charge in [-0.05, 0) is 37.1 Å². The lowest BCUT2D eigenvalue weighted by Crippen LogP contribution is -2.15. The highest BCUT2D eigenvalue weighted by molar-refractivity contribution is 9.10. The average Bonchev–Trinajstić information content (AvgIpc) is 2.52. The van der Waals surface area contributed by atoms with Crippen LogP contribution in [-0.4, -0.2) is 12.5 Å². The van der Waals surface area contributed by atoms with Crippen LogP contribution in [0.15, 0.2) is 16.6 Å². The van der Waals surface area contributed by atoms with Gasteiger partial charge in [-0.3, -0.25) is 4.79 Å². The second kappa shape index (κ2) is 3.94. The molecule has 1 unspecified atom stereocenters. The van der Waals surface area contributed by atoms with E-state index in [0.29, 0.717) is 13.0 Å². The molecule has 1 aromatic rings. The van der Waals surface area contributed by atoms with Gasteiger partial charge in [0.15, 0.2) is 0 Å². The molecular formula is C11H13BrN2O. The van der Waals surface area contributed by atoms with Gasteiger partial charge in [-0.25, -0.2) is 0 Å². The predicted octanol–water partition coefficient (Wildman–Crippen LogP) is 2.14. The Morgan fingerprint density at radius 2 is 2.27 bits per heavy atom. The van der Waals surface area contributed by atoms with Crippen LogP contribution >= 0.6 is 15.9 Å². The summed E-state index contributed by atoms with van der Waals surface area (Å²) in [6.07, 6.45) is 0.708. The number of rotatable bonds is 2. The third-order valence-corrected chi connectivity index (χ3v) is 3.69. The molecule has 15 heavy (non-hydrogen) atoms. The van der Waals surface area contributed by atoms with Gasteiger partial charge in [-0.1, -0.05) is 22.0 Å². The summed E-state index contributed by atoms with van der Waals surface area (Å²) >= 11 is 3.45. The lowest BCUT2D eigenvalue weighted by Gasteiger charge is -2.08. The Balaban J connectivity index is 2.47. The van der Waals surface area contributed by atoms with Gasteiger partial charge in [0.2, 0.25) is 5.91 Å². The molecule has 3 N–H and O–H groups in total. The van der Waals surface area contributed by atoms with Crippen molar-refractivity contribution < 1.29 is 4.79 Å². The van der Waals surface area contributed by atoms with Crippen molar-refractivity contribution in [3.05, 3.63) is 27.7 Å². The summed E-state index contributed by atoms with van der Waals surface area (Å²) in [5, 5.41) is 2.92. The minimum Gasteiger partial charge on any atom is -0.330 e. The van der Waals surface area contributed by atoms with Crippen LogP contribution in [0.4, 0.5) is 5.69 Å². The number of hydrogen-bond acceptors (Lipinski definition) is 2. The molecule has 4 heteroatoms. The number of carbonyl (C=O) groups excluding carboxylic acids is 1. The molecule has 1 aromatic carbocycles. The first kappa shape index (κ1) is 10.6.